The summed E-state index contributed by atoms with van der Waals surface area (Å²) in [6.07, 6.45) is 0. The summed E-state index contributed by atoms with van der Waals surface area (Å²) in [6, 6.07) is 7.52. The Morgan fingerprint density at radius 3 is 2.52 bits per heavy atom. The van der Waals surface area contributed by atoms with Gasteiger partial charge in [0.25, 0.3) is 5.91 Å². The molecule has 0 unspecified atom stereocenters. The number of nitrogens with one attached hydrogen (secondary N) is 2. The number of carbonyl (C=O) groups is 2. The molecule has 2 rings (SSSR count). The highest BCUT2D eigenvalue weighted by atomic mass is 35.5. The summed E-state index contributed by atoms with van der Waals surface area (Å²) >= 11 is 5.95. The first kappa shape index (κ1) is 20.8. The van der Waals surface area contributed by atoms with Crippen LogP contribution in [0.4, 0.5) is 10.1 Å². The van der Waals surface area contributed by atoms with Crippen molar-refractivity contribution in [1.29, 1.82) is 0 Å². The molecule has 0 aliphatic carbocycles. The summed E-state index contributed by atoms with van der Waals surface area (Å²) in [5.74, 6) is -2.80. The van der Waals surface area contributed by atoms with Crippen molar-refractivity contribution < 1.29 is 27.1 Å². The second kappa shape index (κ2) is 8.47. The number of esters is 1. The number of amides is 1. The Balaban J connectivity index is 2.05. The maximum Gasteiger partial charge on any atom is 0.341 e. The number of aryl methyl sites for hydroxylation is 1. The third-order valence-electron chi connectivity index (χ3n) is 3.53. The second-order valence-corrected chi connectivity index (χ2v) is 7.73. The van der Waals surface area contributed by atoms with Gasteiger partial charge in [-0.05, 0) is 49.9 Å². The van der Waals surface area contributed by atoms with E-state index in [2.05, 4.69) is 10.0 Å². The number of ether oxygens (including phenoxy) is 1. The van der Waals surface area contributed by atoms with Gasteiger partial charge >= 0.3 is 5.97 Å². The average Bonchev–Trinajstić information content (AvgIpc) is 2.63. The standard InChI is InChI=1S/C17H16ClFN2O5S/c1-10-3-4-11(7-14(10)18)21-16(22)9-26-17(23)13-8-12(5-6-15(13)19)27(24,25)20-2/h3-8,20H,9H2,1-2H3,(H,21,22). The molecule has 10 heteroatoms. The lowest BCUT2D eigenvalue weighted by atomic mass is 10.2. The van der Waals surface area contributed by atoms with Crippen LogP contribution in [0, 0.1) is 12.7 Å². The van der Waals surface area contributed by atoms with Crippen molar-refractivity contribution in [3.63, 3.8) is 0 Å². The molecule has 0 heterocycles. The zero-order valence-electron chi connectivity index (χ0n) is 14.4. The van der Waals surface area contributed by atoms with Gasteiger partial charge in [0.1, 0.15) is 5.82 Å². The van der Waals surface area contributed by atoms with Crippen molar-refractivity contribution in [1.82, 2.24) is 4.72 Å². The van der Waals surface area contributed by atoms with Crippen molar-refractivity contribution in [2.45, 2.75) is 11.8 Å². The van der Waals surface area contributed by atoms with Crippen LogP contribution in [0.2, 0.25) is 5.02 Å². The molecule has 0 aliphatic heterocycles. The van der Waals surface area contributed by atoms with Gasteiger partial charge in [0.2, 0.25) is 10.0 Å². The van der Waals surface area contributed by atoms with Gasteiger partial charge < -0.3 is 10.1 Å². The van der Waals surface area contributed by atoms with E-state index in [1.807, 2.05) is 0 Å². The molecule has 0 radical (unpaired) electrons. The van der Waals surface area contributed by atoms with Crippen molar-refractivity contribution in [3.8, 4) is 0 Å². The Kier molecular flexibility index (Phi) is 6.53. The number of carbonyl (C=O) groups excluding carboxylic acids is 2. The predicted molar refractivity (Wildman–Crippen MR) is 97.7 cm³/mol. The SMILES string of the molecule is CNS(=O)(=O)c1ccc(F)c(C(=O)OCC(=O)Nc2ccc(C)c(Cl)c2)c1. The smallest absolute Gasteiger partial charge is 0.341 e. The van der Waals surface area contributed by atoms with E-state index in [0.717, 1.165) is 23.8 Å². The molecule has 0 aromatic heterocycles. The molecule has 0 saturated heterocycles. The van der Waals surface area contributed by atoms with Crippen LogP contribution in [0.1, 0.15) is 15.9 Å². The Morgan fingerprint density at radius 1 is 1.19 bits per heavy atom. The summed E-state index contributed by atoms with van der Waals surface area (Å²) in [5.41, 5.74) is 0.630. The van der Waals surface area contributed by atoms with Crippen LogP contribution in [0.5, 0.6) is 0 Å². The molecule has 1 amide bonds. The molecular weight excluding hydrogens is 399 g/mol. The molecule has 0 aliphatic rings. The zero-order chi connectivity index (χ0) is 20.2. The molecule has 2 N–H and O–H groups in total. The molecule has 0 fully saturated rings. The molecule has 2 aromatic carbocycles. The van der Waals surface area contributed by atoms with Gasteiger partial charge in [-0.2, -0.15) is 0 Å². The van der Waals surface area contributed by atoms with Gasteiger partial charge in [0.15, 0.2) is 6.61 Å². The van der Waals surface area contributed by atoms with E-state index in [1.54, 1.807) is 19.1 Å². The summed E-state index contributed by atoms with van der Waals surface area (Å²) in [4.78, 5) is 23.6. The normalized spacial score (nSPS) is 11.1. The number of hydrogen-bond donors (Lipinski definition) is 2. The lowest BCUT2D eigenvalue weighted by Crippen LogP contribution is -2.22. The van der Waals surface area contributed by atoms with Crippen LogP contribution in [0.25, 0.3) is 0 Å². The number of anilines is 1. The van der Waals surface area contributed by atoms with Crippen molar-refractivity contribution >= 4 is 39.2 Å². The van der Waals surface area contributed by atoms with Crippen molar-refractivity contribution in [2.75, 3.05) is 19.0 Å². The largest absolute Gasteiger partial charge is 0.452 e. The summed E-state index contributed by atoms with van der Waals surface area (Å²) in [7, 11) is -2.69. The molecule has 0 saturated carbocycles. The van der Waals surface area contributed by atoms with E-state index >= 15 is 0 Å². The van der Waals surface area contributed by atoms with Gasteiger partial charge in [-0.25, -0.2) is 22.3 Å². The number of hydrogen-bond acceptors (Lipinski definition) is 5. The lowest BCUT2D eigenvalue weighted by Gasteiger charge is -2.09. The number of sulfonamides is 1. The molecule has 0 bridgehead atoms. The van der Waals surface area contributed by atoms with Crippen LogP contribution in [-0.2, 0) is 19.6 Å². The Bertz CT molecular complexity index is 995. The molecule has 144 valence electrons. The highest BCUT2D eigenvalue weighted by Gasteiger charge is 2.20. The van der Waals surface area contributed by atoms with Crippen LogP contribution in [0.15, 0.2) is 41.3 Å². The Morgan fingerprint density at radius 2 is 1.89 bits per heavy atom. The highest BCUT2D eigenvalue weighted by Crippen LogP contribution is 2.20. The van der Waals surface area contributed by atoms with Gasteiger partial charge in [0.05, 0.1) is 10.5 Å². The van der Waals surface area contributed by atoms with Crippen LogP contribution >= 0.6 is 11.6 Å². The van der Waals surface area contributed by atoms with Gasteiger partial charge in [0, 0.05) is 10.7 Å². The van der Waals surface area contributed by atoms with Crippen LogP contribution in [0.3, 0.4) is 0 Å². The monoisotopic (exact) mass is 414 g/mol. The van der Waals surface area contributed by atoms with Crippen LogP contribution in [-0.4, -0.2) is 33.9 Å². The fourth-order valence-corrected chi connectivity index (χ4v) is 2.96. The molecule has 0 atom stereocenters. The zero-order valence-corrected chi connectivity index (χ0v) is 15.9. The van der Waals surface area contributed by atoms with E-state index in [0.29, 0.717) is 10.7 Å². The third-order valence-corrected chi connectivity index (χ3v) is 5.35. The molecule has 0 spiro atoms. The van der Waals surface area contributed by atoms with E-state index in [4.69, 9.17) is 16.3 Å². The van der Waals surface area contributed by atoms with Gasteiger partial charge in [-0.15, -0.1) is 0 Å². The minimum Gasteiger partial charge on any atom is -0.452 e. The second-order valence-electron chi connectivity index (χ2n) is 5.44. The first-order valence-electron chi connectivity index (χ1n) is 7.60. The minimum absolute atomic E-state index is 0.308. The molecular formula is C17H16ClFN2O5S. The minimum atomic E-state index is -3.87. The highest BCUT2D eigenvalue weighted by molar-refractivity contribution is 7.89. The van der Waals surface area contributed by atoms with E-state index in [1.165, 1.54) is 13.1 Å². The summed E-state index contributed by atoms with van der Waals surface area (Å²) in [5, 5.41) is 2.93. The first-order chi connectivity index (χ1) is 12.6. The fourth-order valence-electron chi connectivity index (χ4n) is 2.02. The van der Waals surface area contributed by atoms with Gasteiger partial charge in [-0.3, -0.25) is 4.79 Å². The topological polar surface area (TPSA) is 102 Å². The molecule has 27 heavy (non-hydrogen) atoms. The lowest BCUT2D eigenvalue weighted by molar-refractivity contribution is -0.119. The number of rotatable bonds is 6. The molecule has 7 nitrogen and oxygen atoms in total. The van der Waals surface area contributed by atoms with Crippen molar-refractivity contribution in [3.05, 3.63) is 58.4 Å². The number of benzene rings is 2. The van der Waals surface area contributed by atoms with Gasteiger partial charge in [-0.1, -0.05) is 17.7 Å². The fraction of sp³-hybridized carbons (Fsp3) is 0.176. The first-order valence-corrected chi connectivity index (χ1v) is 9.46. The Labute approximate surface area is 160 Å². The summed E-state index contributed by atoms with van der Waals surface area (Å²) < 4.78 is 44.1. The summed E-state index contributed by atoms with van der Waals surface area (Å²) in [6.45, 7) is 1.11. The van der Waals surface area contributed by atoms with E-state index in [-0.39, 0.29) is 4.90 Å². The maximum atomic E-state index is 13.8. The van der Waals surface area contributed by atoms with Crippen LogP contribution < -0.4 is 10.0 Å². The van der Waals surface area contributed by atoms with E-state index in [9.17, 15) is 22.4 Å². The molecule has 2 aromatic rings. The van der Waals surface area contributed by atoms with Crippen molar-refractivity contribution in [2.24, 2.45) is 0 Å². The quantitative estimate of drug-likeness (QED) is 0.707. The van der Waals surface area contributed by atoms with E-state index < -0.39 is 39.9 Å². The predicted octanol–water partition coefficient (Wildman–Crippen LogP) is 2.49. The third kappa shape index (κ3) is 5.25. The maximum absolute atomic E-state index is 13.8. The average molecular weight is 415 g/mol. The number of halogens is 2. The Hall–Kier alpha value is -2.49.